The first kappa shape index (κ1) is 24.2. The van der Waals surface area contributed by atoms with Gasteiger partial charge in [0.1, 0.15) is 5.82 Å². The zero-order valence-electron chi connectivity index (χ0n) is 19.5. The van der Waals surface area contributed by atoms with E-state index in [0.29, 0.717) is 41.4 Å². The molecule has 33 heavy (non-hydrogen) atoms. The molecule has 1 saturated heterocycles. The molecule has 1 aliphatic rings. The lowest BCUT2D eigenvalue weighted by atomic mass is 10.0. The summed E-state index contributed by atoms with van der Waals surface area (Å²) in [6.07, 6.45) is 6.10. The fourth-order valence-electron chi connectivity index (χ4n) is 3.74. The molecule has 2 amide bonds. The molecule has 4 rings (SSSR count). The van der Waals surface area contributed by atoms with Gasteiger partial charge in [-0.25, -0.2) is 4.98 Å². The van der Waals surface area contributed by atoms with Crippen molar-refractivity contribution in [3.8, 4) is 0 Å². The van der Waals surface area contributed by atoms with E-state index >= 15 is 0 Å². The SMILES string of the molecule is CC1CCCN(C(=O)C(=O)Nc2cnc(N)c3cn[nH]c23)C1.CN(C)CCc1ccccc1. The maximum Gasteiger partial charge on any atom is 0.314 e. The van der Waals surface area contributed by atoms with Gasteiger partial charge >= 0.3 is 11.8 Å². The number of piperidine rings is 1. The number of carbonyl (C=O) groups excluding carboxylic acids is 2. The number of rotatable bonds is 4. The summed E-state index contributed by atoms with van der Waals surface area (Å²) in [5.74, 6) is -0.450. The van der Waals surface area contributed by atoms with Gasteiger partial charge in [-0.05, 0) is 44.8 Å². The normalized spacial score (nSPS) is 15.8. The van der Waals surface area contributed by atoms with Crippen molar-refractivity contribution in [2.24, 2.45) is 5.92 Å². The molecule has 0 saturated carbocycles. The lowest BCUT2D eigenvalue weighted by Crippen LogP contribution is -2.44. The molecule has 1 unspecified atom stereocenters. The van der Waals surface area contributed by atoms with Gasteiger partial charge in [0, 0.05) is 19.6 Å². The second-order valence-electron chi connectivity index (χ2n) is 8.71. The van der Waals surface area contributed by atoms with Crippen LogP contribution in [-0.2, 0) is 16.0 Å². The lowest BCUT2D eigenvalue weighted by Gasteiger charge is -2.30. The fraction of sp³-hybridized carbons (Fsp3) is 0.417. The van der Waals surface area contributed by atoms with Gasteiger partial charge in [0.2, 0.25) is 0 Å². The van der Waals surface area contributed by atoms with Gasteiger partial charge in [0.05, 0.1) is 29.0 Å². The average Bonchev–Trinajstić information content (AvgIpc) is 3.31. The van der Waals surface area contributed by atoms with Crippen LogP contribution in [0.3, 0.4) is 0 Å². The number of hydrogen-bond acceptors (Lipinski definition) is 6. The minimum absolute atomic E-state index is 0.318. The second-order valence-corrected chi connectivity index (χ2v) is 8.71. The molecular formula is C24H33N7O2. The minimum atomic E-state index is -0.670. The Labute approximate surface area is 194 Å². The predicted molar refractivity (Wildman–Crippen MR) is 131 cm³/mol. The largest absolute Gasteiger partial charge is 0.383 e. The van der Waals surface area contributed by atoms with Crippen molar-refractivity contribution < 1.29 is 9.59 Å². The number of carbonyl (C=O) groups is 2. The van der Waals surface area contributed by atoms with Crippen LogP contribution < -0.4 is 11.1 Å². The number of likely N-dealkylation sites (tertiary alicyclic amines) is 1. The van der Waals surface area contributed by atoms with Crippen molar-refractivity contribution in [1.82, 2.24) is 25.0 Å². The number of nitrogen functional groups attached to an aromatic ring is 1. The highest BCUT2D eigenvalue weighted by Crippen LogP contribution is 2.24. The molecule has 0 radical (unpaired) electrons. The van der Waals surface area contributed by atoms with Gasteiger partial charge < -0.3 is 20.9 Å². The van der Waals surface area contributed by atoms with Crippen LogP contribution in [0.1, 0.15) is 25.3 Å². The van der Waals surface area contributed by atoms with Crippen LogP contribution in [0, 0.1) is 5.92 Å². The van der Waals surface area contributed by atoms with Crippen LogP contribution in [0.5, 0.6) is 0 Å². The highest BCUT2D eigenvalue weighted by atomic mass is 16.2. The average molecular weight is 452 g/mol. The zero-order chi connectivity index (χ0) is 23.8. The summed E-state index contributed by atoms with van der Waals surface area (Å²) >= 11 is 0. The van der Waals surface area contributed by atoms with Crippen molar-refractivity contribution >= 4 is 34.2 Å². The lowest BCUT2D eigenvalue weighted by molar-refractivity contribution is -0.144. The number of aromatic amines is 1. The van der Waals surface area contributed by atoms with Crippen LogP contribution in [0.4, 0.5) is 11.5 Å². The first-order valence-electron chi connectivity index (χ1n) is 11.2. The molecule has 1 atom stereocenters. The van der Waals surface area contributed by atoms with E-state index in [0.717, 1.165) is 25.8 Å². The first-order chi connectivity index (χ1) is 15.8. The number of pyridine rings is 1. The Kier molecular flexibility index (Phi) is 8.37. The number of aromatic nitrogens is 3. The number of nitrogens with two attached hydrogens (primary N) is 1. The third kappa shape index (κ3) is 6.76. The zero-order valence-corrected chi connectivity index (χ0v) is 19.5. The fourth-order valence-corrected chi connectivity index (χ4v) is 3.74. The van der Waals surface area contributed by atoms with E-state index in [-0.39, 0.29) is 0 Å². The number of likely N-dealkylation sites (N-methyl/N-ethyl adjacent to an activating group) is 1. The molecule has 2 aromatic heterocycles. The standard InChI is InChI=1S/C14H18N6O2.C10H15N/c1-8-3-2-4-20(7-8)14(22)13(21)18-10-6-16-12(15)9-5-17-19-11(9)10;1-11(2)9-8-10-6-4-3-5-7-10/h5-6,8H,2-4,7H2,1H3,(H2,15,16)(H,17,19)(H,18,21);3-7H,8-9H2,1-2H3. The van der Waals surface area contributed by atoms with E-state index in [9.17, 15) is 9.59 Å². The van der Waals surface area contributed by atoms with E-state index in [1.807, 2.05) is 0 Å². The summed E-state index contributed by atoms with van der Waals surface area (Å²) in [4.78, 5) is 32.2. The molecule has 1 aromatic carbocycles. The van der Waals surface area contributed by atoms with E-state index in [1.165, 1.54) is 18.0 Å². The summed E-state index contributed by atoms with van der Waals surface area (Å²) in [6, 6.07) is 10.6. The van der Waals surface area contributed by atoms with E-state index in [4.69, 9.17) is 5.73 Å². The van der Waals surface area contributed by atoms with Crippen LogP contribution in [0.2, 0.25) is 0 Å². The van der Waals surface area contributed by atoms with Crippen molar-refractivity contribution in [1.29, 1.82) is 0 Å². The quantitative estimate of drug-likeness (QED) is 0.524. The Bertz CT molecular complexity index is 1070. The first-order valence-corrected chi connectivity index (χ1v) is 11.2. The number of nitrogens with one attached hydrogen (secondary N) is 2. The molecular weight excluding hydrogens is 418 g/mol. The Balaban J connectivity index is 0.000000235. The van der Waals surface area contributed by atoms with Crippen LogP contribution in [-0.4, -0.2) is 70.5 Å². The molecule has 0 aliphatic carbocycles. The molecule has 9 heteroatoms. The maximum absolute atomic E-state index is 12.2. The summed E-state index contributed by atoms with van der Waals surface area (Å²) in [5.41, 5.74) is 8.10. The minimum Gasteiger partial charge on any atom is -0.383 e. The Morgan fingerprint density at radius 3 is 2.70 bits per heavy atom. The van der Waals surface area contributed by atoms with E-state index in [1.54, 1.807) is 4.90 Å². The van der Waals surface area contributed by atoms with Gasteiger partial charge in [-0.15, -0.1) is 0 Å². The molecule has 3 heterocycles. The number of fused-ring (bicyclic) bond motifs is 1. The number of nitrogens with zero attached hydrogens (tertiary/aromatic N) is 4. The third-order valence-electron chi connectivity index (χ3n) is 5.59. The van der Waals surface area contributed by atoms with Gasteiger partial charge in [0.25, 0.3) is 0 Å². The van der Waals surface area contributed by atoms with E-state index < -0.39 is 11.8 Å². The Morgan fingerprint density at radius 1 is 1.24 bits per heavy atom. The number of benzene rings is 1. The molecule has 3 aromatic rings. The Hall–Kier alpha value is -3.46. The van der Waals surface area contributed by atoms with Gasteiger partial charge in [-0.2, -0.15) is 5.10 Å². The van der Waals surface area contributed by atoms with Crippen LogP contribution in [0.25, 0.3) is 10.9 Å². The summed E-state index contributed by atoms with van der Waals surface area (Å²) in [7, 11) is 4.20. The van der Waals surface area contributed by atoms with Crippen molar-refractivity contribution in [2.75, 3.05) is 44.8 Å². The molecule has 1 aliphatic heterocycles. The van der Waals surface area contributed by atoms with Crippen LogP contribution >= 0.6 is 0 Å². The van der Waals surface area contributed by atoms with Gasteiger partial charge in [-0.1, -0.05) is 37.3 Å². The summed E-state index contributed by atoms with van der Waals surface area (Å²) < 4.78 is 0. The molecule has 0 spiro atoms. The number of hydrogen-bond donors (Lipinski definition) is 3. The highest BCUT2D eigenvalue weighted by Gasteiger charge is 2.26. The molecule has 1 fully saturated rings. The second kappa shape index (κ2) is 11.4. The molecule has 9 nitrogen and oxygen atoms in total. The van der Waals surface area contributed by atoms with Gasteiger partial charge in [0.15, 0.2) is 0 Å². The van der Waals surface area contributed by atoms with Gasteiger partial charge in [-0.3, -0.25) is 14.7 Å². The summed E-state index contributed by atoms with van der Waals surface area (Å²) in [6.45, 7) is 4.45. The van der Waals surface area contributed by atoms with E-state index in [2.05, 4.69) is 76.7 Å². The Morgan fingerprint density at radius 2 is 2.00 bits per heavy atom. The number of amides is 2. The monoisotopic (exact) mass is 451 g/mol. The summed E-state index contributed by atoms with van der Waals surface area (Å²) in [5, 5.41) is 9.83. The van der Waals surface area contributed by atoms with Crippen molar-refractivity contribution in [3.05, 3.63) is 48.3 Å². The third-order valence-corrected chi connectivity index (χ3v) is 5.59. The molecule has 4 N–H and O–H groups in total. The molecule has 176 valence electrons. The van der Waals surface area contributed by atoms with Crippen LogP contribution in [0.15, 0.2) is 42.7 Å². The number of H-pyrrole nitrogens is 1. The highest BCUT2D eigenvalue weighted by molar-refractivity contribution is 6.40. The maximum atomic E-state index is 12.2. The number of anilines is 2. The molecule has 0 bridgehead atoms. The predicted octanol–water partition coefficient (Wildman–Crippen LogP) is 2.53. The smallest absolute Gasteiger partial charge is 0.314 e. The van der Waals surface area contributed by atoms with Crippen molar-refractivity contribution in [3.63, 3.8) is 0 Å². The van der Waals surface area contributed by atoms with Crippen molar-refractivity contribution in [2.45, 2.75) is 26.2 Å². The topological polar surface area (TPSA) is 120 Å².